The van der Waals surface area contributed by atoms with Gasteiger partial charge in [-0.2, -0.15) is 0 Å². The van der Waals surface area contributed by atoms with E-state index in [1.807, 2.05) is 32.0 Å². The van der Waals surface area contributed by atoms with E-state index in [0.29, 0.717) is 0 Å². The van der Waals surface area contributed by atoms with Gasteiger partial charge in [-0.05, 0) is 48.7 Å². The molecule has 0 aliphatic carbocycles. The van der Waals surface area contributed by atoms with Crippen molar-refractivity contribution in [2.45, 2.75) is 20.0 Å². The Balaban J connectivity index is 1.89. The smallest absolute Gasteiger partial charge is 0.319 e. The Bertz CT molecular complexity index is 668. The Morgan fingerprint density at radius 2 is 1.87 bits per heavy atom. The Hall–Kier alpha value is -2.53. The van der Waals surface area contributed by atoms with Gasteiger partial charge in [0.2, 0.25) is 0 Å². The normalized spacial score (nSPS) is 11.7. The molecule has 122 valence electrons. The van der Waals surface area contributed by atoms with Gasteiger partial charge in [0.25, 0.3) is 0 Å². The van der Waals surface area contributed by atoms with Gasteiger partial charge in [-0.3, -0.25) is 0 Å². The lowest BCUT2D eigenvalue weighted by Gasteiger charge is -2.14. The van der Waals surface area contributed by atoms with Crippen molar-refractivity contribution < 1.29 is 14.6 Å². The minimum absolute atomic E-state index is 0.128. The minimum Gasteiger partial charge on any atom is -0.497 e. The molecule has 0 radical (unpaired) electrons. The van der Waals surface area contributed by atoms with Crippen molar-refractivity contribution >= 4 is 11.7 Å². The Morgan fingerprint density at radius 3 is 2.52 bits per heavy atom. The molecule has 1 atom stereocenters. The van der Waals surface area contributed by atoms with E-state index in [1.165, 1.54) is 0 Å². The van der Waals surface area contributed by atoms with Crippen LogP contribution in [0, 0.1) is 13.8 Å². The monoisotopic (exact) mass is 314 g/mol. The van der Waals surface area contributed by atoms with Crippen LogP contribution in [0.4, 0.5) is 10.5 Å². The van der Waals surface area contributed by atoms with Crippen LogP contribution in [0.1, 0.15) is 22.8 Å². The third kappa shape index (κ3) is 4.47. The van der Waals surface area contributed by atoms with Crippen LogP contribution < -0.4 is 15.4 Å². The Morgan fingerprint density at radius 1 is 1.17 bits per heavy atom. The fourth-order valence-electron chi connectivity index (χ4n) is 2.19. The molecule has 0 fully saturated rings. The summed E-state index contributed by atoms with van der Waals surface area (Å²) in [6.45, 7) is 4.08. The zero-order valence-electron chi connectivity index (χ0n) is 13.6. The number of hydrogen-bond donors (Lipinski definition) is 3. The highest BCUT2D eigenvalue weighted by atomic mass is 16.5. The highest BCUT2D eigenvalue weighted by molar-refractivity contribution is 5.90. The second-order valence-electron chi connectivity index (χ2n) is 5.37. The van der Waals surface area contributed by atoms with Gasteiger partial charge in [-0.15, -0.1) is 0 Å². The number of urea groups is 1. The number of ether oxygens (including phenoxy) is 1. The summed E-state index contributed by atoms with van der Waals surface area (Å²) in [6.07, 6.45) is -0.773. The summed E-state index contributed by atoms with van der Waals surface area (Å²) >= 11 is 0. The third-order valence-electron chi connectivity index (χ3n) is 3.81. The summed E-state index contributed by atoms with van der Waals surface area (Å²) in [4.78, 5) is 12.0. The van der Waals surface area contributed by atoms with E-state index < -0.39 is 6.10 Å². The molecule has 2 rings (SSSR count). The predicted molar refractivity (Wildman–Crippen MR) is 90.9 cm³/mol. The molecule has 2 amide bonds. The molecule has 0 aliphatic heterocycles. The maximum atomic E-state index is 12.0. The number of carbonyl (C=O) groups is 1. The summed E-state index contributed by atoms with van der Waals surface area (Å²) in [6, 6.07) is 12.5. The second kappa shape index (κ2) is 7.65. The number of aryl methyl sites for hydroxylation is 1. The van der Waals surface area contributed by atoms with Gasteiger partial charge >= 0.3 is 6.03 Å². The van der Waals surface area contributed by atoms with Gasteiger partial charge in [0.05, 0.1) is 13.2 Å². The topological polar surface area (TPSA) is 70.6 Å². The standard InChI is InChI=1S/C18H22N2O3/c1-12-5-4-6-16(13(12)2)20-18(22)19-11-17(21)14-7-9-15(23-3)10-8-14/h4-10,17,21H,11H2,1-3H3,(H2,19,20,22). The van der Waals surface area contributed by atoms with Crippen LogP contribution in [-0.2, 0) is 0 Å². The Kier molecular flexibility index (Phi) is 5.60. The maximum Gasteiger partial charge on any atom is 0.319 e. The fraction of sp³-hybridized carbons (Fsp3) is 0.278. The Labute approximate surface area is 136 Å². The third-order valence-corrected chi connectivity index (χ3v) is 3.81. The zero-order valence-corrected chi connectivity index (χ0v) is 13.6. The van der Waals surface area contributed by atoms with Crippen LogP contribution in [0.15, 0.2) is 42.5 Å². The van der Waals surface area contributed by atoms with E-state index >= 15 is 0 Å². The maximum absolute atomic E-state index is 12.0. The molecule has 0 saturated heterocycles. The van der Waals surface area contributed by atoms with Gasteiger partial charge in [0.15, 0.2) is 0 Å². The minimum atomic E-state index is -0.773. The fourth-order valence-corrected chi connectivity index (χ4v) is 2.19. The molecule has 0 spiro atoms. The molecule has 0 aromatic heterocycles. The van der Waals surface area contributed by atoms with E-state index in [2.05, 4.69) is 10.6 Å². The zero-order chi connectivity index (χ0) is 16.8. The number of anilines is 1. The summed E-state index contributed by atoms with van der Waals surface area (Å²) in [5.74, 6) is 0.724. The molecule has 5 nitrogen and oxygen atoms in total. The molecular weight excluding hydrogens is 292 g/mol. The van der Waals surface area contributed by atoms with Crippen LogP contribution >= 0.6 is 0 Å². The van der Waals surface area contributed by atoms with Crippen LogP contribution in [0.25, 0.3) is 0 Å². The molecule has 2 aromatic carbocycles. The molecular formula is C18H22N2O3. The lowest BCUT2D eigenvalue weighted by atomic mass is 10.1. The molecule has 0 heterocycles. The number of benzene rings is 2. The molecule has 0 bridgehead atoms. The first-order valence-corrected chi connectivity index (χ1v) is 7.44. The van der Waals surface area contributed by atoms with Crippen molar-refractivity contribution in [2.24, 2.45) is 0 Å². The lowest BCUT2D eigenvalue weighted by Crippen LogP contribution is -2.32. The number of hydrogen-bond acceptors (Lipinski definition) is 3. The van der Waals surface area contributed by atoms with Crippen molar-refractivity contribution in [3.05, 3.63) is 59.2 Å². The summed E-state index contributed by atoms with van der Waals surface area (Å²) in [5.41, 5.74) is 3.62. The van der Waals surface area contributed by atoms with Crippen LogP contribution in [-0.4, -0.2) is 24.8 Å². The molecule has 2 aromatic rings. The van der Waals surface area contributed by atoms with Crippen molar-refractivity contribution in [3.63, 3.8) is 0 Å². The first kappa shape index (κ1) is 16.8. The van der Waals surface area contributed by atoms with Crippen molar-refractivity contribution in [1.29, 1.82) is 0 Å². The van der Waals surface area contributed by atoms with Gasteiger partial charge in [0, 0.05) is 12.2 Å². The number of rotatable bonds is 5. The van der Waals surface area contributed by atoms with E-state index in [1.54, 1.807) is 31.4 Å². The number of carbonyl (C=O) groups excluding carboxylic acids is 1. The van der Waals surface area contributed by atoms with Crippen LogP contribution in [0.2, 0.25) is 0 Å². The van der Waals surface area contributed by atoms with E-state index in [-0.39, 0.29) is 12.6 Å². The highest BCUT2D eigenvalue weighted by Crippen LogP contribution is 2.18. The van der Waals surface area contributed by atoms with E-state index in [4.69, 9.17) is 4.74 Å². The second-order valence-corrected chi connectivity index (χ2v) is 5.37. The highest BCUT2D eigenvalue weighted by Gasteiger charge is 2.10. The lowest BCUT2D eigenvalue weighted by molar-refractivity contribution is 0.175. The van der Waals surface area contributed by atoms with E-state index in [9.17, 15) is 9.90 Å². The number of methoxy groups -OCH3 is 1. The van der Waals surface area contributed by atoms with Gasteiger partial charge in [-0.25, -0.2) is 4.79 Å². The molecule has 3 N–H and O–H groups in total. The largest absolute Gasteiger partial charge is 0.497 e. The summed E-state index contributed by atoms with van der Waals surface area (Å²) in [7, 11) is 1.59. The molecule has 23 heavy (non-hydrogen) atoms. The quantitative estimate of drug-likeness (QED) is 0.794. The first-order valence-electron chi connectivity index (χ1n) is 7.44. The molecule has 0 saturated carbocycles. The molecule has 5 heteroatoms. The molecule has 1 unspecified atom stereocenters. The SMILES string of the molecule is COc1ccc(C(O)CNC(=O)Nc2cccc(C)c2C)cc1. The summed E-state index contributed by atoms with van der Waals surface area (Å²) < 4.78 is 5.07. The van der Waals surface area contributed by atoms with Gasteiger partial charge in [-0.1, -0.05) is 24.3 Å². The van der Waals surface area contributed by atoms with Crippen molar-refractivity contribution in [3.8, 4) is 5.75 Å². The average molecular weight is 314 g/mol. The van der Waals surface area contributed by atoms with Crippen molar-refractivity contribution in [1.82, 2.24) is 5.32 Å². The van der Waals surface area contributed by atoms with Crippen molar-refractivity contribution in [2.75, 3.05) is 19.0 Å². The van der Waals surface area contributed by atoms with Crippen LogP contribution in [0.5, 0.6) is 5.75 Å². The van der Waals surface area contributed by atoms with Gasteiger partial charge < -0.3 is 20.5 Å². The summed E-state index contributed by atoms with van der Waals surface area (Å²) in [5, 5.41) is 15.6. The van der Waals surface area contributed by atoms with Gasteiger partial charge in [0.1, 0.15) is 5.75 Å². The number of nitrogens with one attached hydrogen (secondary N) is 2. The van der Waals surface area contributed by atoms with E-state index in [0.717, 1.165) is 28.1 Å². The number of aliphatic hydroxyl groups excluding tert-OH is 1. The first-order chi connectivity index (χ1) is 11.0. The number of amides is 2. The molecule has 0 aliphatic rings. The van der Waals surface area contributed by atoms with Crippen LogP contribution in [0.3, 0.4) is 0 Å². The average Bonchev–Trinajstić information content (AvgIpc) is 2.57. The number of aliphatic hydroxyl groups is 1. The predicted octanol–water partition coefficient (Wildman–Crippen LogP) is 3.17.